The van der Waals surface area contributed by atoms with Gasteiger partial charge in [-0.1, -0.05) is 54.4 Å². The molecule has 0 aliphatic carbocycles. The number of amides is 1. The fourth-order valence-electron chi connectivity index (χ4n) is 3.71. The van der Waals surface area contributed by atoms with Gasteiger partial charge < -0.3 is 10.1 Å². The number of benzene rings is 2. The van der Waals surface area contributed by atoms with Gasteiger partial charge in [-0.15, -0.1) is 0 Å². The molecular formula is C23H28N2O3. The van der Waals surface area contributed by atoms with Gasteiger partial charge in [0.25, 0.3) is 5.91 Å². The topological polar surface area (TPSA) is 58.6 Å². The van der Waals surface area contributed by atoms with Crippen LogP contribution in [0.15, 0.2) is 48.5 Å². The van der Waals surface area contributed by atoms with Gasteiger partial charge in [0, 0.05) is 17.7 Å². The van der Waals surface area contributed by atoms with Crippen molar-refractivity contribution in [2.45, 2.75) is 32.2 Å². The van der Waals surface area contributed by atoms with E-state index in [0.29, 0.717) is 12.1 Å². The van der Waals surface area contributed by atoms with E-state index in [4.69, 9.17) is 4.74 Å². The van der Waals surface area contributed by atoms with Gasteiger partial charge in [-0.2, -0.15) is 0 Å². The Morgan fingerprint density at radius 3 is 2.39 bits per heavy atom. The first kappa shape index (κ1) is 20.1. The van der Waals surface area contributed by atoms with E-state index in [0.717, 1.165) is 42.8 Å². The van der Waals surface area contributed by atoms with E-state index in [1.165, 1.54) is 6.42 Å². The zero-order chi connectivity index (χ0) is 19.9. The monoisotopic (exact) mass is 380 g/mol. The molecule has 5 nitrogen and oxygen atoms in total. The number of hydrogen-bond donors (Lipinski definition) is 1. The number of nitrogens with one attached hydrogen (secondary N) is 1. The molecule has 1 N–H and O–H groups in total. The van der Waals surface area contributed by atoms with Crippen molar-refractivity contribution in [2.75, 3.05) is 26.7 Å². The number of hydrogen-bond acceptors (Lipinski definition) is 4. The Bertz CT molecular complexity index is 811. The largest absolute Gasteiger partial charge is 0.496 e. The summed E-state index contributed by atoms with van der Waals surface area (Å²) in [5, 5.41) is 2.86. The van der Waals surface area contributed by atoms with Gasteiger partial charge >= 0.3 is 0 Å². The molecule has 3 rings (SSSR count). The molecule has 1 fully saturated rings. The lowest BCUT2D eigenvalue weighted by Crippen LogP contribution is -2.42. The number of ketones is 1. The maximum Gasteiger partial charge on any atom is 0.292 e. The maximum absolute atomic E-state index is 12.5. The minimum absolute atomic E-state index is 0.0220. The quantitative estimate of drug-likeness (QED) is 0.590. The van der Waals surface area contributed by atoms with Crippen LogP contribution in [0.1, 0.15) is 46.8 Å². The molecule has 1 aliphatic heterocycles. The van der Waals surface area contributed by atoms with E-state index in [-0.39, 0.29) is 6.04 Å². The van der Waals surface area contributed by atoms with Crippen molar-refractivity contribution < 1.29 is 14.3 Å². The first-order chi connectivity index (χ1) is 13.6. The van der Waals surface area contributed by atoms with Crippen LogP contribution in [-0.2, 0) is 4.79 Å². The van der Waals surface area contributed by atoms with E-state index >= 15 is 0 Å². The number of nitrogens with zero attached hydrogens (tertiary/aromatic N) is 1. The summed E-state index contributed by atoms with van der Waals surface area (Å²) >= 11 is 0. The number of carbonyl (C=O) groups excluding carboxylic acids is 2. The predicted octanol–water partition coefficient (Wildman–Crippen LogP) is 3.53. The Kier molecular flexibility index (Phi) is 6.82. The van der Waals surface area contributed by atoms with Crippen LogP contribution in [0.3, 0.4) is 0 Å². The van der Waals surface area contributed by atoms with Crippen molar-refractivity contribution in [3.63, 3.8) is 0 Å². The molecule has 1 unspecified atom stereocenters. The van der Waals surface area contributed by atoms with E-state index in [1.54, 1.807) is 19.2 Å². The molecule has 0 spiro atoms. The van der Waals surface area contributed by atoms with E-state index in [2.05, 4.69) is 10.2 Å². The molecule has 148 valence electrons. The highest BCUT2D eigenvalue weighted by molar-refractivity contribution is 6.42. The summed E-state index contributed by atoms with van der Waals surface area (Å²) in [5.74, 6) is -0.268. The molecular weight excluding hydrogens is 352 g/mol. The van der Waals surface area contributed by atoms with E-state index < -0.39 is 11.7 Å². The Hall–Kier alpha value is -2.66. The minimum atomic E-state index is -0.569. The normalized spacial score (nSPS) is 15.6. The van der Waals surface area contributed by atoms with Crippen molar-refractivity contribution in [1.82, 2.24) is 10.2 Å². The van der Waals surface area contributed by atoms with Crippen LogP contribution in [-0.4, -0.2) is 43.3 Å². The number of rotatable bonds is 7. The van der Waals surface area contributed by atoms with Crippen LogP contribution in [0.5, 0.6) is 5.75 Å². The second kappa shape index (κ2) is 9.51. The van der Waals surface area contributed by atoms with Gasteiger partial charge in [0.2, 0.25) is 5.78 Å². The maximum atomic E-state index is 12.5. The fraction of sp³-hybridized carbons (Fsp3) is 0.391. The van der Waals surface area contributed by atoms with Gasteiger partial charge in [0.1, 0.15) is 5.75 Å². The minimum Gasteiger partial charge on any atom is -0.496 e. The molecule has 1 amide bonds. The number of ether oxygens (including phenoxy) is 1. The molecule has 1 aliphatic rings. The lowest BCUT2D eigenvalue weighted by atomic mass is 10.00. The third-order valence-electron chi connectivity index (χ3n) is 5.31. The van der Waals surface area contributed by atoms with Crippen LogP contribution >= 0.6 is 0 Å². The molecule has 0 aromatic heterocycles. The molecule has 0 bridgehead atoms. The van der Waals surface area contributed by atoms with Crippen LogP contribution < -0.4 is 10.1 Å². The average molecular weight is 380 g/mol. The number of methoxy groups -OCH3 is 1. The molecule has 5 heteroatoms. The number of likely N-dealkylation sites (tertiary alicyclic amines) is 1. The molecule has 0 radical (unpaired) electrons. The standard InChI is InChI=1S/C23H28N2O3/c1-17-10-12-18(13-11-17)22(26)23(27)24-16-20(25-14-6-3-7-15-25)19-8-4-5-9-21(19)28-2/h4-5,8-13,20H,3,6-7,14-16H2,1-2H3,(H,24,27). The highest BCUT2D eigenvalue weighted by Gasteiger charge is 2.26. The Morgan fingerprint density at radius 2 is 1.71 bits per heavy atom. The Labute approximate surface area is 166 Å². The summed E-state index contributed by atoms with van der Waals surface area (Å²) in [6.07, 6.45) is 3.51. The molecule has 1 saturated heterocycles. The molecule has 28 heavy (non-hydrogen) atoms. The number of carbonyl (C=O) groups is 2. The molecule has 2 aromatic carbocycles. The van der Waals surface area contributed by atoms with Crippen molar-refractivity contribution in [1.29, 1.82) is 0 Å². The van der Waals surface area contributed by atoms with E-state index in [1.807, 2.05) is 43.3 Å². The zero-order valence-corrected chi connectivity index (χ0v) is 16.6. The SMILES string of the molecule is COc1ccccc1C(CNC(=O)C(=O)c1ccc(C)cc1)N1CCCCC1. The third kappa shape index (κ3) is 4.78. The zero-order valence-electron chi connectivity index (χ0n) is 16.6. The molecule has 1 atom stereocenters. The average Bonchev–Trinajstić information content (AvgIpc) is 2.75. The van der Waals surface area contributed by atoms with Gasteiger partial charge in [0.15, 0.2) is 0 Å². The third-order valence-corrected chi connectivity index (χ3v) is 5.31. The fourth-order valence-corrected chi connectivity index (χ4v) is 3.71. The summed E-state index contributed by atoms with van der Waals surface area (Å²) in [5.41, 5.74) is 2.50. The predicted molar refractivity (Wildman–Crippen MR) is 110 cm³/mol. The smallest absolute Gasteiger partial charge is 0.292 e. The van der Waals surface area contributed by atoms with Crippen LogP contribution in [0.2, 0.25) is 0 Å². The number of aryl methyl sites for hydroxylation is 1. The lowest BCUT2D eigenvalue weighted by Gasteiger charge is -2.35. The summed E-state index contributed by atoms with van der Waals surface area (Å²) in [4.78, 5) is 27.3. The molecule has 1 heterocycles. The van der Waals surface area contributed by atoms with Crippen molar-refractivity contribution >= 4 is 11.7 Å². The van der Waals surface area contributed by atoms with Crippen LogP contribution in [0.25, 0.3) is 0 Å². The van der Waals surface area contributed by atoms with Crippen LogP contribution in [0, 0.1) is 6.92 Å². The summed E-state index contributed by atoms with van der Waals surface area (Å²) in [7, 11) is 1.66. The van der Waals surface area contributed by atoms with Crippen molar-refractivity contribution in [2.24, 2.45) is 0 Å². The molecule has 0 saturated carbocycles. The first-order valence-electron chi connectivity index (χ1n) is 9.86. The Balaban J connectivity index is 1.74. The number of piperidine rings is 1. The van der Waals surface area contributed by atoms with Crippen molar-refractivity contribution in [3.8, 4) is 5.75 Å². The summed E-state index contributed by atoms with van der Waals surface area (Å²) in [6, 6.07) is 14.9. The lowest BCUT2D eigenvalue weighted by molar-refractivity contribution is -0.117. The van der Waals surface area contributed by atoms with Gasteiger partial charge in [0.05, 0.1) is 13.2 Å². The number of para-hydroxylation sites is 1. The number of Topliss-reactive ketones (excluding diaryl/α,β-unsaturated/α-hetero) is 1. The first-order valence-corrected chi connectivity index (χ1v) is 9.86. The van der Waals surface area contributed by atoms with Gasteiger partial charge in [-0.05, 0) is 38.9 Å². The molecule has 2 aromatic rings. The Morgan fingerprint density at radius 1 is 1.04 bits per heavy atom. The van der Waals surface area contributed by atoms with Gasteiger partial charge in [-0.25, -0.2) is 0 Å². The summed E-state index contributed by atoms with van der Waals surface area (Å²) in [6.45, 7) is 4.27. The van der Waals surface area contributed by atoms with Crippen LogP contribution in [0.4, 0.5) is 0 Å². The highest BCUT2D eigenvalue weighted by Crippen LogP contribution is 2.30. The summed E-state index contributed by atoms with van der Waals surface area (Å²) < 4.78 is 5.55. The second-order valence-corrected chi connectivity index (χ2v) is 7.26. The highest BCUT2D eigenvalue weighted by atomic mass is 16.5. The van der Waals surface area contributed by atoms with Crippen molar-refractivity contribution in [3.05, 3.63) is 65.2 Å². The van der Waals surface area contributed by atoms with Gasteiger partial charge in [-0.3, -0.25) is 14.5 Å². The van der Waals surface area contributed by atoms with E-state index in [9.17, 15) is 9.59 Å². The second-order valence-electron chi connectivity index (χ2n) is 7.26.